The van der Waals surface area contributed by atoms with Crippen LogP contribution in [0.25, 0.3) is 0 Å². The van der Waals surface area contributed by atoms with Gasteiger partial charge in [-0.15, -0.1) is 0 Å². The minimum atomic E-state index is -0.169. The van der Waals surface area contributed by atoms with Gasteiger partial charge < -0.3 is 14.8 Å². The topological polar surface area (TPSA) is 65.4 Å². The number of carbonyl (C=O) groups is 1. The molecule has 3 rings (SSSR count). The molecule has 122 valence electrons. The fourth-order valence-corrected chi connectivity index (χ4v) is 2.89. The lowest BCUT2D eigenvalue weighted by molar-refractivity contribution is 0.102. The molecule has 6 nitrogen and oxygen atoms in total. The molecule has 0 aliphatic carbocycles. The van der Waals surface area contributed by atoms with Gasteiger partial charge in [-0.1, -0.05) is 6.92 Å². The smallest absolute Gasteiger partial charge is 0.257 e. The van der Waals surface area contributed by atoms with Crippen molar-refractivity contribution in [3.8, 4) is 11.5 Å². The number of fused-ring (bicyclic) bond motifs is 1. The van der Waals surface area contributed by atoms with E-state index in [1.165, 1.54) is 0 Å². The fraction of sp³-hybridized carbons (Fsp3) is 0.412. The van der Waals surface area contributed by atoms with Gasteiger partial charge in [-0.2, -0.15) is 5.10 Å². The Bertz CT molecular complexity index is 765. The minimum absolute atomic E-state index is 0.169. The number of anilines is 1. The molecule has 0 saturated carbocycles. The number of nitrogens with zero attached hydrogens (tertiary/aromatic N) is 2. The van der Waals surface area contributed by atoms with E-state index in [9.17, 15) is 4.79 Å². The number of carbonyl (C=O) groups excluding carboxylic acids is 1. The summed E-state index contributed by atoms with van der Waals surface area (Å²) in [6.45, 7) is 6.92. The largest absolute Gasteiger partial charge is 0.486 e. The van der Waals surface area contributed by atoms with Gasteiger partial charge in [-0.05, 0) is 38.0 Å². The van der Waals surface area contributed by atoms with Gasteiger partial charge in [0.2, 0.25) is 0 Å². The van der Waals surface area contributed by atoms with Crippen LogP contribution in [0.15, 0.2) is 12.1 Å². The van der Waals surface area contributed by atoms with E-state index in [0.29, 0.717) is 30.3 Å². The van der Waals surface area contributed by atoms with Crippen molar-refractivity contribution in [2.75, 3.05) is 18.5 Å². The maximum atomic E-state index is 12.7. The molecule has 2 heterocycles. The van der Waals surface area contributed by atoms with Crippen molar-refractivity contribution < 1.29 is 14.3 Å². The Morgan fingerprint density at radius 3 is 2.57 bits per heavy atom. The first kappa shape index (κ1) is 15.4. The molecule has 2 aromatic rings. The van der Waals surface area contributed by atoms with Crippen LogP contribution in [-0.4, -0.2) is 28.9 Å². The molecule has 1 aliphatic heterocycles. The number of ether oxygens (including phenoxy) is 2. The molecule has 0 unspecified atom stereocenters. The van der Waals surface area contributed by atoms with E-state index in [1.807, 2.05) is 27.0 Å². The van der Waals surface area contributed by atoms with Gasteiger partial charge >= 0.3 is 0 Å². The fourth-order valence-electron chi connectivity index (χ4n) is 2.89. The SMILES string of the molecule is CCc1c(C)nn(C)c1NC(=O)c1cc2c(cc1C)OCCO2. The predicted octanol–water partition coefficient (Wildman–Crippen LogP) is 2.62. The average molecular weight is 315 g/mol. The van der Waals surface area contributed by atoms with Crippen LogP contribution in [0, 0.1) is 13.8 Å². The van der Waals surface area contributed by atoms with Gasteiger partial charge in [-0.3, -0.25) is 9.48 Å². The zero-order valence-electron chi connectivity index (χ0n) is 13.9. The van der Waals surface area contributed by atoms with E-state index in [2.05, 4.69) is 17.3 Å². The summed E-state index contributed by atoms with van der Waals surface area (Å²) in [7, 11) is 1.83. The molecular formula is C17H21N3O3. The molecule has 1 amide bonds. The highest BCUT2D eigenvalue weighted by Gasteiger charge is 2.20. The lowest BCUT2D eigenvalue weighted by Crippen LogP contribution is -2.19. The summed E-state index contributed by atoms with van der Waals surface area (Å²) < 4.78 is 12.8. The number of hydrogen-bond donors (Lipinski definition) is 1. The highest BCUT2D eigenvalue weighted by Crippen LogP contribution is 2.33. The predicted molar refractivity (Wildman–Crippen MR) is 87.4 cm³/mol. The van der Waals surface area contributed by atoms with Crippen molar-refractivity contribution in [1.29, 1.82) is 0 Å². The third-order valence-corrected chi connectivity index (χ3v) is 4.07. The number of rotatable bonds is 3. The van der Waals surface area contributed by atoms with Crippen molar-refractivity contribution >= 4 is 11.7 Å². The zero-order chi connectivity index (χ0) is 16.6. The second-order valence-electron chi connectivity index (χ2n) is 5.65. The highest BCUT2D eigenvalue weighted by atomic mass is 16.6. The maximum Gasteiger partial charge on any atom is 0.257 e. The Hall–Kier alpha value is -2.50. The zero-order valence-corrected chi connectivity index (χ0v) is 13.9. The van der Waals surface area contributed by atoms with E-state index in [-0.39, 0.29) is 5.91 Å². The van der Waals surface area contributed by atoms with Crippen molar-refractivity contribution in [3.63, 3.8) is 0 Å². The standard InChI is InChI=1S/C17H21N3O3/c1-5-12-11(3)19-20(4)16(12)18-17(21)13-9-15-14(8-10(13)2)22-6-7-23-15/h8-9H,5-7H2,1-4H3,(H,18,21). The van der Waals surface area contributed by atoms with E-state index in [0.717, 1.165) is 29.1 Å². The average Bonchev–Trinajstić information content (AvgIpc) is 2.79. The summed E-state index contributed by atoms with van der Waals surface area (Å²) in [5.74, 6) is 1.88. The Labute approximate surface area is 135 Å². The number of amides is 1. The molecular weight excluding hydrogens is 294 g/mol. The summed E-state index contributed by atoms with van der Waals surface area (Å²) >= 11 is 0. The summed E-state index contributed by atoms with van der Waals surface area (Å²) in [4.78, 5) is 12.7. The van der Waals surface area contributed by atoms with Gasteiger partial charge in [0.05, 0.1) is 5.69 Å². The van der Waals surface area contributed by atoms with Crippen LogP contribution in [0.4, 0.5) is 5.82 Å². The number of benzene rings is 1. The van der Waals surface area contributed by atoms with Crippen molar-refractivity contribution in [3.05, 3.63) is 34.5 Å². The van der Waals surface area contributed by atoms with Crippen LogP contribution in [0.1, 0.15) is 34.1 Å². The van der Waals surface area contributed by atoms with Crippen LogP contribution < -0.4 is 14.8 Å². The molecule has 1 aromatic carbocycles. The van der Waals surface area contributed by atoms with Gasteiger partial charge in [0.15, 0.2) is 11.5 Å². The second kappa shape index (κ2) is 5.95. The van der Waals surface area contributed by atoms with Gasteiger partial charge in [0, 0.05) is 18.2 Å². The van der Waals surface area contributed by atoms with Crippen LogP contribution in [-0.2, 0) is 13.5 Å². The Balaban J connectivity index is 1.92. The molecule has 0 saturated heterocycles. The first-order valence-corrected chi connectivity index (χ1v) is 7.75. The van der Waals surface area contributed by atoms with Gasteiger partial charge in [0.25, 0.3) is 5.91 Å². The molecule has 1 N–H and O–H groups in total. The molecule has 0 spiro atoms. The summed E-state index contributed by atoms with van der Waals surface area (Å²) in [5.41, 5.74) is 3.42. The molecule has 0 fully saturated rings. The lowest BCUT2D eigenvalue weighted by atomic mass is 10.1. The molecule has 0 bridgehead atoms. The van der Waals surface area contributed by atoms with E-state index < -0.39 is 0 Å². The van der Waals surface area contributed by atoms with Gasteiger partial charge in [0.1, 0.15) is 19.0 Å². The Morgan fingerprint density at radius 1 is 1.26 bits per heavy atom. The highest BCUT2D eigenvalue weighted by molar-refractivity contribution is 6.05. The Morgan fingerprint density at radius 2 is 1.91 bits per heavy atom. The normalized spacial score (nSPS) is 13.0. The summed E-state index contributed by atoms with van der Waals surface area (Å²) in [5, 5.41) is 7.36. The lowest BCUT2D eigenvalue weighted by Gasteiger charge is -2.20. The molecule has 0 atom stereocenters. The third-order valence-electron chi connectivity index (χ3n) is 4.07. The first-order valence-electron chi connectivity index (χ1n) is 7.75. The Kier molecular flexibility index (Phi) is 3.98. The molecule has 6 heteroatoms. The van der Waals surface area contributed by atoms with Crippen LogP contribution in [0.5, 0.6) is 11.5 Å². The monoisotopic (exact) mass is 315 g/mol. The van der Waals surface area contributed by atoms with Crippen LogP contribution in [0.2, 0.25) is 0 Å². The van der Waals surface area contributed by atoms with Crippen molar-refractivity contribution in [1.82, 2.24) is 9.78 Å². The minimum Gasteiger partial charge on any atom is -0.486 e. The summed E-state index contributed by atoms with van der Waals surface area (Å²) in [6, 6.07) is 3.59. The number of hydrogen-bond acceptors (Lipinski definition) is 4. The van der Waals surface area contributed by atoms with Crippen molar-refractivity contribution in [2.45, 2.75) is 27.2 Å². The number of nitrogens with one attached hydrogen (secondary N) is 1. The second-order valence-corrected chi connectivity index (χ2v) is 5.65. The molecule has 1 aromatic heterocycles. The maximum absolute atomic E-state index is 12.7. The van der Waals surface area contributed by atoms with Crippen LogP contribution in [0.3, 0.4) is 0 Å². The summed E-state index contributed by atoms with van der Waals surface area (Å²) in [6.07, 6.45) is 0.815. The number of aryl methyl sites for hydroxylation is 3. The van der Waals surface area contributed by atoms with Gasteiger partial charge in [-0.25, -0.2) is 0 Å². The molecule has 1 aliphatic rings. The van der Waals surface area contributed by atoms with E-state index in [4.69, 9.17) is 9.47 Å². The quantitative estimate of drug-likeness (QED) is 0.945. The van der Waals surface area contributed by atoms with E-state index in [1.54, 1.807) is 10.7 Å². The van der Waals surface area contributed by atoms with Crippen LogP contribution >= 0.6 is 0 Å². The van der Waals surface area contributed by atoms with E-state index >= 15 is 0 Å². The van der Waals surface area contributed by atoms with Crippen molar-refractivity contribution in [2.24, 2.45) is 7.05 Å². The third kappa shape index (κ3) is 2.76. The first-order chi connectivity index (χ1) is 11.0. The molecule has 23 heavy (non-hydrogen) atoms. The number of aromatic nitrogens is 2. The molecule has 0 radical (unpaired) electrons.